The second kappa shape index (κ2) is 7.09. The first-order chi connectivity index (χ1) is 12.0. The first-order valence-electron chi connectivity index (χ1n) is 7.26. The van der Waals surface area contributed by atoms with Gasteiger partial charge in [0.05, 0.1) is 11.3 Å². The summed E-state index contributed by atoms with van der Waals surface area (Å²) in [4.78, 5) is 3.87. The van der Waals surface area contributed by atoms with Crippen LogP contribution in [0.2, 0.25) is 0 Å². The number of ether oxygens (including phenoxy) is 1. The first kappa shape index (κ1) is 16.6. The first-order valence-corrected chi connectivity index (χ1v) is 7.26. The lowest BCUT2D eigenvalue weighted by molar-refractivity contribution is -0.137. The second-order valence-electron chi connectivity index (χ2n) is 5.00. The molecule has 0 unspecified atom stereocenters. The lowest BCUT2D eigenvalue weighted by Crippen LogP contribution is -2.04. The molecule has 25 heavy (non-hydrogen) atoms. The molecular weight excluding hydrogens is 331 g/mol. The van der Waals surface area contributed by atoms with E-state index in [2.05, 4.69) is 21.9 Å². The van der Waals surface area contributed by atoms with Crippen molar-refractivity contribution in [3.63, 3.8) is 0 Å². The molecule has 0 spiro atoms. The van der Waals surface area contributed by atoms with Gasteiger partial charge in [-0.1, -0.05) is 11.8 Å². The van der Waals surface area contributed by atoms with Crippen molar-refractivity contribution in [1.82, 2.24) is 14.8 Å². The summed E-state index contributed by atoms with van der Waals surface area (Å²) >= 11 is 0. The minimum Gasteiger partial charge on any atom is -0.481 e. The highest BCUT2D eigenvalue weighted by Gasteiger charge is 2.29. The molecule has 0 amide bonds. The zero-order chi connectivity index (χ0) is 17.7. The van der Waals surface area contributed by atoms with Crippen LogP contribution in [-0.4, -0.2) is 21.4 Å². The number of hydrogen-bond acceptors (Lipinski definition) is 3. The third kappa shape index (κ3) is 4.38. The number of alkyl halides is 3. The average molecular weight is 343 g/mol. The summed E-state index contributed by atoms with van der Waals surface area (Å²) in [6, 6.07) is 11.9. The van der Waals surface area contributed by atoms with E-state index in [9.17, 15) is 13.2 Å². The van der Waals surface area contributed by atoms with Crippen molar-refractivity contribution in [2.75, 3.05) is 6.61 Å². The van der Waals surface area contributed by atoms with Crippen LogP contribution in [0.25, 0.3) is 5.69 Å². The summed E-state index contributed by atoms with van der Waals surface area (Å²) in [5.41, 5.74) is 0.653. The lowest BCUT2D eigenvalue weighted by Gasteiger charge is -2.05. The van der Waals surface area contributed by atoms with Crippen molar-refractivity contribution in [1.29, 1.82) is 0 Å². The van der Waals surface area contributed by atoms with E-state index in [1.807, 2.05) is 12.1 Å². The van der Waals surface area contributed by atoms with Crippen LogP contribution in [-0.2, 0) is 6.18 Å². The van der Waals surface area contributed by atoms with Gasteiger partial charge in [0.1, 0.15) is 25.0 Å². The van der Waals surface area contributed by atoms with Crippen molar-refractivity contribution in [2.24, 2.45) is 0 Å². The predicted octanol–water partition coefficient (Wildman–Crippen LogP) is 3.72. The fraction of sp³-hybridized carbons (Fsp3) is 0.111. The Balaban J connectivity index is 1.56. The van der Waals surface area contributed by atoms with Crippen molar-refractivity contribution in [3.8, 4) is 23.3 Å². The van der Waals surface area contributed by atoms with Crippen LogP contribution in [0, 0.1) is 11.8 Å². The van der Waals surface area contributed by atoms with Crippen molar-refractivity contribution < 1.29 is 17.9 Å². The van der Waals surface area contributed by atoms with Crippen LogP contribution in [0.15, 0.2) is 61.2 Å². The van der Waals surface area contributed by atoms with Crippen molar-refractivity contribution in [3.05, 3.63) is 72.3 Å². The molecule has 3 rings (SSSR count). The molecule has 4 nitrogen and oxygen atoms in total. The van der Waals surface area contributed by atoms with Gasteiger partial charge in [0.2, 0.25) is 0 Å². The Morgan fingerprint density at radius 1 is 1.00 bits per heavy atom. The maximum atomic E-state index is 12.5. The molecule has 0 aliphatic carbocycles. The highest BCUT2D eigenvalue weighted by Crippen LogP contribution is 2.28. The molecule has 3 aromatic rings. The van der Waals surface area contributed by atoms with Gasteiger partial charge in [-0.25, -0.2) is 9.67 Å². The van der Waals surface area contributed by atoms with Gasteiger partial charge >= 0.3 is 6.18 Å². The summed E-state index contributed by atoms with van der Waals surface area (Å²) in [7, 11) is 0. The molecule has 0 aliphatic heterocycles. The van der Waals surface area contributed by atoms with Crippen LogP contribution in [0.5, 0.6) is 5.75 Å². The molecule has 1 heterocycles. The Morgan fingerprint density at radius 2 is 1.72 bits per heavy atom. The smallest absolute Gasteiger partial charge is 0.416 e. The fourth-order valence-corrected chi connectivity index (χ4v) is 2.04. The number of halogens is 3. The number of aromatic nitrogens is 3. The minimum absolute atomic E-state index is 0.129. The van der Waals surface area contributed by atoms with Gasteiger partial charge in [0.25, 0.3) is 0 Å². The van der Waals surface area contributed by atoms with E-state index in [-0.39, 0.29) is 6.61 Å². The molecule has 0 atom stereocenters. The van der Waals surface area contributed by atoms with Crippen molar-refractivity contribution in [2.45, 2.75) is 6.18 Å². The Hall–Kier alpha value is -3.27. The monoisotopic (exact) mass is 343 g/mol. The molecule has 0 fully saturated rings. The van der Waals surface area contributed by atoms with Gasteiger partial charge < -0.3 is 4.74 Å². The fourth-order valence-electron chi connectivity index (χ4n) is 2.04. The average Bonchev–Trinajstić information content (AvgIpc) is 3.13. The zero-order valence-electron chi connectivity index (χ0n) is 12.9. The molecule has 2 aromatic carbocycles. The van der Waals surface area contributed by atoms with Crippen LogP contribution in [0.1, 0.15) is 11.1 Å². The maximum absolute atomic E-state index is 12.5. The van der Waals surface area contributed by atoms with E-state index in [4.69, 9.17) is 4.74 Å². The Kier molecular flexibility index (Phi) is 4.70. The van der Waals surface area contributed by atoms with E-state index < -0.39 is 11.7 Å². The standard InChI is InChI=1S/C18H12F3N3O/c19-18(20,21)15-5-3-14(4-6-15)2-1-11-25-17-9-7-16(8-10-17)24-13-22-12-23-24/h3-10,12-13H,11H2. The normalized spacial score (nSPS) is 10.8. The molecule has 0 saturated carbocycles. The van der Waals surface area contributed by atoms with E-state index in [0.717, 1.165) is 17.8 Å². The van der Waals surface area contributed by atoms with Gasteiger partial charge in [-0.05, 0) is 48.5 Å². The Labute approximate surface area is 141 Å². The summed E-state index contributed by atoms with van der Waals surface area (Å²) < 4.78 is 44.5. The highest BCUT2D eigenvalue weighted by molar-refractivity contribution is 5.38. The molecule has 0 saturated heterocycles. The summed E-state index contributed by atoms with van der Waals surface area (Å²) in [5, 5.41) is 4.02. The molecular formula is C18H12F3N3O. The number of rotatable bonds is 3. The summed E-state index contributed by atoms with van der Waals surface area (Å²) in [6.07, 6.45) is -1.31. The third-order valence-corrected chi connectivity index (χ3v) is 3.28. The number of benzene rings is 2. The van der Waals surface area contributed by atoms with E-state index in [1.54, 1.807) is 23.1 Å². The van der Waals surface area contributed by atoms with Crippen LogP contribution >= 0.6 is 0 Å². The molecule has 1 aromatic heterocycles. The third-order valence-electron chi connectivity index (χ3n) is 3.28. The van der Waals surface area contributed by atoms with Gasteiger partial charge in [-0.3, -0.25) is 0 Å². The Bertz CT molecular complexity index is 875. The van der Waals surface area contributed by atoms with E-state index in [0.29, 0.717) is 11.3 Å². The zero-order valence-corrected chi connectivity index (χ0v) is 12.9. The van der Waals surface area contributed by atoms with Gasteiger partial charge in [-0.2, -0.15) is 18.3 Å². The largest absolute Gasteiger partial charge is 0.481 e. The molecule has 126 valence electrons. The SMILES string of the molecule is FC(F)(F)c1ccc(C#CCOc2ccc(-n3cncn3)cc2)cc1. The molecule has 0 bridgehead atoms. The van der Waals surface area contributed by atoms with Crippen LogP contribution in [0.3, 0.4) is 0 Å². The number of hydrogen-bond donors (Lipinski definition) is 0. The van der Waals surface area contributed by atoms with E-state index in [1.165, 1.54) is 18.5 Å². The molecule has 0 radical (unpaired) electrons. The van der Waals surface area contributed by atoms with Crippen molar-refractivity contribution >= 4 is 0 Å². The predicted molar refractivity (Wildman–Crippen MR) is 85.2 cm³/mol. The Morgan fingerprint density at radius 3 is 2.32 bits per heavy atom. The van der Waals surface area contributed by atoms with Gasteiger partial charge in [0, 0.05) is 5.56 Å². The summed E-state index contributed by atoms with van der Waals surface area (Å²) in [5.74, 6) is 6.16. The van der Waals surface area contributed by atoms with E-state index >= 15 is 0 Å². The molecule has 0 N–H and O–H groups in total. The summed E-state index contributed by atoms with van der Waals surface area (Å²) in [6.45, 7) is 0.129. The highest BCUT2D eigenvalue weighted by atomic mass is 19.4. The lowest BCUT2D eigenvalue weighted by atomic mass is 10.1. The van der Waals surface area contributed by atoms with Crippen LogP contribution in [0.4, 0.5) is 13.2 Å². The van der Waals surface area contributed by atoms with Crippen LogP contribution < -0.4 is 4.74 Å². The molecule has 0 aliphatic rings. The number of nitrogens with zero attached hydrogens (tertiary/aromatic N) is 3. The van der Waals surface area contributed by atoms with Gasteiger partial charge in [-0.15, -0.1) is 0 Å². The molecule has 7 heteroatoms. The minimum atomic E-state index is -4.34. The quantitative estimate of drug-likeness (QED) is 0.681. The topological polar surface area (TPSA) is 39.9 Å². The second-order valence-corrected chi connectivity index (χ2v) is 5.00. The van der Waals surface area contributed by atoms with Gasteiger partial charge in [0.15, 0.2) is 0 Å². The maximum Gasteiger partial charge on any atom is 0.416 e.